The summed E-state index contributed by atoms with van der Waals surface area (Å²) in [6.07, 6.45) is 2.18. The number of nitrogens with one attached hydrogen (secondary N) is 1. The number of aromatic nitrogens is 1. The molecule has 0 atom stereocenters. The second kappa shape index (κ2) is 5.82. The Labute approximate surface area is 115 Å². The molecule has 98 valence electrons. The standard InChI is InChI=1S/C12H13FN2OS.ClH/c13-9-2-1-3-10-11(9)15-12(17-10)16-8-4-6-14-7-5-8;/h1-3,8,14H,4-7H2;1H. The molecule has 0 unspecified atom stereocenters. The summed E-state index contributed by atoms with van der Waals surface area (Å²) in [5.41, 5.74) is 0.418. The minimum atomic E-state index is -0.279. The van der Waals surface area contributed by atoms with Crippen LogP contribution < -0.4 is 10.1 Å². The third kappa shape index (κ3) is 2.74. The molecule has 0 bridgehead atoms. The van der Waals surface area contributed by atoms with Gasteiger partial charge in [0.1, 0.15) is 17.4 Å². The molecule has 6 heteroatoms. The summed E-state index contributed by atoms with van der Waals surface area (Å²) < 4.78 is 20.1. The van der Waals surface area contributed by atoms with E-state index in [0.717, 1.165) is 30.6 Å². The van der Waals surface area contributed by atoms with Gasteiger partial charge in [-0.1, -0.05) is 17.4 Å². The van der Waals surface area contributed by atoms with Crippen LogP contribution in [-0.4, -0.2) is 24.2 Å². The Hall–Kier alpha value is -0.910. The fraction of sp³-hybridized carbons (Fsp3) is 0.417. The highest BCUT2D eigenvalue weighted by Gasteiger charge is 2.17. The number of ether oxygens (including phenoxy) is 1. The molecule has 0 amide bonds. The Bertz CT molecular complexity index is 528. The lowest BCUT2D eigenvalue weighted by atomic mass is 10.1. The van der Waals surface area contributed by atoms with Crippen molar-refractivity contribution in [1.82, 2.24) is 10.3 Å². The Morgan fingerprint density at radius 3 is 2.83 bits per heavy atom. The number of nitrogens with zero attached hydrogens (tertiary/aromatic N) is 1. The minimum Gasteiger partial charge on any atom is -0.467 e. The van der Waals surface area contributed by atoms with Gasteiger partial charge in [-0.15, -0.1) is 12.4 Å². The maximum Gasteiger partial charge on any atom is 0.274 e. The van der Waals surface area contributed by atoms with E-state index in [-0.39, 0.29) is 24.3 Å². The Kier molecular flexibility index (Phi) is 4.37. The predicted octanol–water partition coefficient (Wildman–Crippen LogP) is 2.99. The molecule has 1 aliphatic heterocycles. The molecule has 2 aromatic rings. The second-order valence-electron chi connectivity index (χ2n) is 4.13. The molecule has 1 aromatic heterocycles. The highest BCUT2D eigenvalue weighted by Crippen LogP contribution is 2.30. The van der Waals surface area contributed by atoms with E-state index in [2.05, 4.69) is 10.3 Å². The van der Waals surface area contributed by atoms with Crippen LogP contribution in [0, 0.1) is 5.82 Å². The topological polar surface area (TPSA) is 34.1 Å². The molecular formula is C12H14ClFN2OS. The lowest BCUT2D eigenvalue weighted by Crippen LogP contribution is -2.34. The van der Waals surface area contributed by atoms with Gasteiger partial charge in [0.25, 0.3) is 5.19 Å². The van der Waals surface area contributed by atoms with Crippen LogP contribution in [0.4, 0.5) is 4.39 Å². The average Bonchev–Trinajstić information content (AvgIpc) is 2.74. The van der Waals surface area contributed by atoms with E-state index in [0.29, 0.717) is 10.7 Å². The van der Waals surface area contributed by atoms with Gasteiger partial charge in [-0.25, -0.2) is 4.39 Å². The zero-order valence-corrected chi connectivity index (χ0v) is 11.3. The monoisotopic (exact) mass is 288 g/mol. The van der Waals surface area contributed by atoms with Crippen LogP contribution >= 0.6 is 23.7 Å². The molecule has 2 heterocycles. The third-order valence-corrected chi connectivity index (χ3v) is 3.82. The molecule has 0 spiro atoms. The van der Waals surface area contributed by atoms with Gasteiger partial charge in [-0.05, 0) is 38.1 Å². The van der Waals surface area contributed by atoms with Crippen LogP contribution in [0.3, 0.4) is 0 Å². The van der Waals surface area contributed by atoms with E-state index < -0.39 is 0 Å². The Balaban J connectivity index is 0.00000120. The van der Waals surface area contributed by atoms with Crippen molar-refractivity contribution in [1.29, 1.82) is 0 Å². The van der Waals surface area contributed by atoms with E-state index in [4.69, 9.17) is 4.74 Å². The van der Waals surface area contributed by atoms with E-state index in [1.807, 2.05) is 6.07 Å². The molecule has 1 aromatic carbocycles. The maximum atomic E-state index is 13.5. The van der Waals surface area contributed by atoms with Crippen LogP contribution in [0.1, 0.15) is 12.8 Å². The number of thiazole rings is 1. The molecule has 0 radical (unpaired) electrons. The lowest BCUT2D eigenvalue weighted by molar-refractivity contribution is 0.162. The molecule has 0 saturated carbocycles. The summed E-state index contributed by atoms with van der Waals surface area (Å²) in [6.45, 7) is 1.95. The highest BCUT2D eigenvalue weighted by atomic mass is 35.5. The van der Waals surface area contributed by atoms with Crippen molar-refractivity contribution in [3.05, 3.63) is 24.0 Å². The zero-order chi connectivity index (χ0) is 11.7. The van der Waals surface area contributed by atoms with E-state index in [9.17, 15) is 4.39 Å². The molecule has 1 N–H and O–H groups in total. The van der Waals surface area contributed by atoms with E-state index in [1.165, 1.54) is 17.4 Å². The largest absolute Gasteiger partial charge is 0.467 e. The molecule has 1 saturated heterocycles. The van der Waals surface area contributed by atoms with Crippen LogP contribution in [0.25, 0.3) is 10.2 Å². The van der Waals surface area contributed by atoms with Crippen LogP contribution in [0.5, 0.6) is 5.19 Å². The van der Waals surface area contributed by atoms with Crippen molar-refractivity contribution in [2.75, 3.05) is 13.1 Å². The van der Waals surface area contributed by atoms with Crippen LogP contribution in [-0.2, 0) is 0 Å². The summed E-state index contributed by atoms with van der Waals surface area (Å²) in [6, 6.07) is 4.99. The number of hydrogen-bond donors (Lipinski definition) is 1. The van der Waals surface area contributed by atoms with Gasteiger partial charge in [-0.3, -0.25) is 0 Å². The highest BCUT2D eigenvalue weighted by molar-refractivity contribution is 7.20. The first kappa shape index (κ1) is 13.5. The van der Waals surface area contributed by atoms with Crippen molar-refractivity contribution in [2.24, 2.45) is 0 Å². The maximum absolute atomic E-state index is 13.5. The summed E-state index contributed by atoms with van der Waals surface area (Å²) in [4.78, 5) is 4.21. The molecule has 0 aliphatic carbocycles. The fourth-order valence-corrected chi connectivity index (χ4v) is 2.90. The van der Waals surface area contributed by atoms with Crippen LogP contribution in [0.2, 0.25) is 0 Å². The quantitative estimate of drug-likeness (QED) is 0.922. The van der Waals surface area contributed by atoms with Crippen LogP contribution in [0.15, 0.2) is 18.2 Å². The minimum absolute atomic E-state index is 0. The van der Waals surface area contributed by atoms with E-state index in [1.54, 1.807) is 6.07 Å². The second-order valence-corrected chi connectivity index (χ2v) is 5.13. The molecule has 1 fully saturated rings. The first-order valence-corrected chi connectivity index (χ1v) is 6.57. The van der Waals surface area contributed by atoms with Gasteiger partial charge < -0.3 is 10.1 Å². The Morgan fingerprint density at radius 1 is 1.33 bits per heavy atom. The van der Waals surface area contributed by atoms with Gasteiger partial charge in [0.2, 0.25) is 0 Å². The smallest absolute Gasteiger partial charge is 0.274 e. The van der Waals surface area contributed by atoms with Gasteiger partial charge >= 0.3 is 0 Å². The first-order chi connectivity index (χ1) is 8.33. The van der Waals surface area contributed by atoms with Gasteiger partial charge in [0.15, 0.2) is 0 Å². The van der Waals surface area contributed by atoms with Gasteiger partial charge in [0, 0.05) is 0 Å². The number of hydrogen-bond acceptors (Lipinski definition) is 4. The molecule has 18 heavy (non-hydrogen) atoms. The number of fused-ring (bicyclic) bond motifs is 1. The zero-order valence-electron chi connectivity index (χ0n) is 9.69. The van der Waals surface area contributed by atoms with Gasteiger partial charge in [-0.2, -0.15) is 4.98 Å². The van der Waals surface area contributed by atoms with Crippen molar-refractivity contribution in [3.63, 3.8) is 0 Å². The molecular weight excluding hydrogens is 275 g/mol. The third-order valence-electron chi connectivity index (χ3n) is 2.90. The number of halogens is 2. The van der Waals surface area contributed by atoms with Crippen molar-refractivity contribution in [3.8, 4) is 5.19 Å². The van der Waals surface area contributed by atoms with Gasteiger partial charge in [0.05, 0.1) is 4.70 Å². The number of piperidine rings is 1. The van der Waals surface area contributed by atoms with Crippen molar-refractivity contribution < 1.29 is 9.13 Å². The van der Waals surface area contributed by atoms with Crippen molar-refractivity contribution >= 4 is 34.0 Å². The number of para-hydroxylation sites is 1. The number of rotatable bonds is 2. The van der Waals surface area contributed by atoms with Crippen molar-refractivity contribution in [2.45, 2.75) is 18.9 Å². The number of benzene rings is 1. The summed E-state index contributed by atoms with van der Waals surface area (Å²) >= 11 is 1.41. The molecule has 1 aliphatic rings. The Morgan fingerprint density at radius 2 is 2.11 bits per heavy atom. The average molecular weight is 289 g/mol. The normalized spacial score (nSPS) is 16.5. The first-order valence-electron chi connectivity index (χ1n) is 5.75. The SMILES string of the molecule is Cl.Fc1cccc2sc(OC3CCNCC3)nc12. The predicted molar refractivity (Wildman–Crippen MR) is 73.3 cm³/mol. The fourth-order valence-electron chi connectivity index (χ4n) is 2.00. The summed E-state index contributed by atoms with van der Waals surface area (Å²) in [7, 11) is 0. The molecule has 3 rings (SSSR count). The summed E-state index contributed by atoms with van der Waals surface area (Å²) in [5, 5.41) is 3.86. The summed E-state index contributed by atoms with van der Waals surface area (Å²) in [5.74, 6) is -0.279. The lowest BCUT2D eigenvalue weighted by Gasteiger charge is -2.22. The van der Waals surface area contributed by atoms with E-state index >= 15 is 0 Å². The molecule has 3 nitrogen and oxygen atoms in total.